The molecule has 2 aliphatic rings. The molecule has 8 heteroatoms. The second kappa shape index (κ2) is 8.20. The van der Waals surface area contributed by atoms with E-state index in [1.807, 2.05) is 30.8 Å². The topological polar surface area (TPSA) is 65.7 Å². The van der Waals surface area contributed by atoms with E-state index >= 15 is 0 Å². The molecule has 2 unspecified atom stereocenters. The second-order valence-corrected chi connectivity index (χ2v) is 9.35. The number of nitrogens with zero attached hydrogens (tertiary/aromatic N) is 5. The Balaban J connectivity index is 1.41. The van der Waals surface area contributed by atoms with Gasteiger partial charge in [-0.25, -0.2) is 23.7 Å². The van der Waals surface area contributed by atoms with Crippen molar-refractivity contribution in [1.29, 1.82) is 0 Å². The molecule has 0 N–H and O–H groups in total. The van der Waals surface area contributed by atoms with Gasteiger partial charge in [0.2, 0.25) is 0 Å². The summed E-state index contributed by atoms with van der Waals surface area (Å²) in [6, 6.07) is 6.03. The molecule has 2 atom stereocenters. The minimum absolute atomic E-state index is 0.0689. The average Bonchev–Trinajstić information content (AvgIpc) is 3.56. The molecule has 1 saturated heterocycles. The number of fused-ring (bicyclic) bond motifs is 1. The fourth-order valence-corrected chi connectivity index (χ4v) is 4.68. The summed E-state index contributed by atoms with van der Waals surface area (Å²) in [5.74, 6) is -1.18. The third kappa shape index (κ3) is 3.86. The Morgan fingerprint density at radius 1 is 1.00 bits per heavy atom. The summed E-state index contributed by atoms with van der Waals surface area (Å²) in [4.78, 5) is 14.3. The van der Waals surface area contributed by atoms with E-state index in [4.69, 9.17) is 14.7 Å². The van der Waals surface area contributed by atoms with Crippen LogP contribution in [0.25, 0.3) is 22.3 Å². The third-order valence-corrected chi connectivity index (χ3v) is 6.89. The summed E-state index contributed by atoms with van der Waals surface area (Å²) >= 11 is 0. The lowest BCUT2D eigenvalue weighted by Gasteiger charge is -2.29. The monoisotopic (exact) mass is 461 g/mol. The van der Waals surface area contributed by atoms with Gasteiger partial charge in [0.15, 0.2) is 0 Å². The summed E-state index contributed by atoms with van der Waals surface area (Å²) < 4.78 is 36.6. The summed E-state index contributed by atoms with van der Waals surface area (Å²) in [6.07, 6.45) is 7.83. The maximum atomic E-state index is 14.8. The number of aromatic nitrogens is 5. The van der Waals surface area contributed by atoms with Crippen LogP contribution in [0.1, 0.15) is 66.4 Å². The maximum Gasteiger partial charge on any atom is 0.135 e. The van der Waals surface area contributed by atoms with Crippen molar-refractivity contribution in [3.8, 4) is 11.3 Å². The Morgan fingerprint density at radius 3 is 2.62 bits per heavy atom. The van der Waals surface area contributed by atoms with Gasteiger partial charge in [-0.3, -0.25) is 4.68 Å². The van der Waals surface area contributed by atoms with Crippen LogP contribution in [0.4, 0.5) is 8.78 Å². The van der Waals surface area contributed by atoms with E-state index in [9.17, 15) is 8.78 Å². The number of halogens is 2. The largest absolute Gasteiger partial charge is 0.373 e. The van der Waals surface area contributed by atoms with Crippen LogP contribution in [-0.4, -0.2) is 31.3 Å². The highest BCUT2D eigenvalue weighted by Gasteiger charge is 2.30. The van der Waals surface area contributed by atoms with E-state index in [2.05, 4.69) is 16.3 Å². The summed E-state index contributed by atoms with van der Waals surface area (Å²) in [5, 5.41) is 4.51. The lowest BCUT2D eigenvalue weighted by atomic mass is 9.89. The molecule has 6 rings (SSSR count). The predicted molar refractivity (Wildman–Crippen MR) is 123 cm³/mol. The van der Waals surface area contributed by atoms with Gasteiger partial charge in [-0.05, 0) is 57.7 Å². The Bertz CT molecular complexity index is 1400. The molecule has 1 saturated carbocycles. The molecule has 174 valence electrons. The molecular formula is C26H25F2N5O. The molecule has 0 spiro atoms. The molecule has 0 radical (unpaired) electrons. The minimum atomic E-state index is -0.664. The van der Waals surface area contributed by atoms with Crippen LogP contribution < -0.4 is 0 Å². The van der Waals surface area contributed by atoms with Gasteiger partial charge in [-0.15, -0.1) is 0 Å². The predicted octanol–water partition coefficient (Wildman–Crippen LogP) is 5.75. The molecule has 1 aromatic carbocycles. The third-order valence-electron chi connectivity index (χ3n) is 6.89. The Morgan fingerprint density at radius 2 is 1.82 bits per heavy atom. The summed E-state index contributed by atoms with van der Waals surface area (Å²) in [6.45, 7) is 4.37. The number of aryl methyl sites for hydroxylation is 2. The zero-order chi connectivity index (χ0) is 23.4. The normalized spacial score (nSPS) is 20.7. The van der Waals surface area contributed by atoms with Crippen LogP contribution >= 0.6 is 0 Å². The van der Waals surface area contributed by atoms with Crippen LogP contribution in [0.15, 0.2) is 36.7 Å². The van der Waals surface area contributed by atoms with E-state index < -0.39 is 11.6 Å². The molecule has 4 heterocycles. The number of benzene rings is 1. The zero-order valence-electron chi connectivity index (χ0n) is 19.1. The molecule has 34 heavy (non-hydrogen) atoms. The van der Waals surface area contributed by atoms with Crippen molar-refractivity contribution in [3.63, 3.8) is 0 Å². The van der Waals surface area contributed by atoms with Crippen molar-refractivity contribution in [2.24, 2.45) is 0 Å². The number of pyridine rings is 1. The average molecular weight is 462 g/mol. The van der Waals surface area contributed by atoms with Crippen LogP contribution in [0.3, 0.4) is 0 Å². The van der Waals surface area contributed by atoms with Gasteiger partial charge < -0.3 is 4.74 Å². The van der Waals surface area contributed by atoms with Crippen molar-refractivity contribution in [1.82, 2.24) is 24.7 Å². The maximum absolute atomic E-state index is 14.8. The Kier molecular flexibility index (Phi) is 5.13. The number of ether oxygens (including phenoxy) is 1. The van der Waals surface area contributed by atoms with Gasteiger partial charge >= 0.3 is 0 Å². The number of hydrogen-bond donors (Lipinski definition) is 0. The van der Waals surface area contributed by atoms with E-state index in [0.29, 0.717) is 29.4 Å². The first-order chi connectivity index (χ1) is 16.5. The zero-order valence-corrected chi connectivity index (χ0v) is 19.1. The van der Waals surface area contributed by atoms with Gasteiger partial charge in [0.1, 0.15) is 22.8 Å². The Hall–Kier alpha value is -3.26. The molecule has 4 aromatic rings. The van der Waals surface area contributed by atoms with Crippen LogP contribution in [-0.2, 0) is 4.74 Å². The van der Waals surface area contributed by atoms with Gasteiger partial charge in [-0.2, -0.15) is 5.10 Å². The van der Waals surface area contributed by atoms with E-state index in [1.54, 1.807) is 0 Å². The van der Waals surface area contributed by atoms with E-state index in [0.717, 1.165) is 41.6 Å². The van der Waals surface area contributed by atoms with Gasteiger partial charge in [0.05, 0.1) is 35.2 Å². The number of hydrogen-bond acceptors (Lipinski definition) is 5. The fourth-order valence-electron chi connectivity index (χ4n) is 4.68. The van der Waals surface area contributed by atoms with E-state index in [-0.39, 0.29) is 17.6 Å². The quantitative estimate of drug-likeness (QED) is 0.387. The van der Waals surface area contributed by atoms with Crippen molar-refractivity contribution in [2.45, 2.75) is 57.6 Å². The second-order valence-electron chi connectivity index (χ2n) is 9.35. The SMILES string of the molecule is Cc1nc2cc(C3CCOC(c4cnn(C5CC5)c4)C3)nc(-c3ccc(F)cc3F)c2nc1C. The fraction of sp³-hybridized carbons (Fsp3) is 0.385. The molecule has 1 aliphatic heterocycles. The van der Waals surface area contributed by atoms with Crippen molar-refractivity contribution >= 4 is 11.0 Å². The van der Waals surface area contributed by atoms with Crippen molar-refractivity contribution in [2.75, 3.05) is 6.61 Å². The highest BCUT2D eigenvalue weighted by molar-refractivity contribution is 5.89. The van der Waals surface area contributed by atoms with Gasteiger partial charge in [-0.1, -0.05) is 0 Å². The molecule has 0 amide bonds. The molecular weight excluding hydrogens is 436 g/mol. The molecule has 2 fully saturated rings. The minimum Gasteiger partial charge on any atom is -0.373 e. The smallest absolute Gasteiger partial charge is 0.135 e. The lowest BCUT2D eigenvalue weighted by molar-refractivity contribution is 0.00462. The van der Waals surface area contributed by atoms with Crippen LogP contribution in [0.2, 0.25) is 0 Å². The van der Waals surface area contributed by atoms with Gasteiger partial charge in [0, 0.05) is 41.6 Å². The first kappa shape index (κ1) is 21.3. The number of rotatable bonds is 4. The summed E-state index contributed by atoms with van der Waals surface area (Å²) in [5.41, 5.74) is 5.27. The van der Waals surface area contributed by atoms with Crippen molar-refractivity contribution in [3.05, 3.63) is 70.9 Å². The molecule has 6 nitrogen and oxygen atoms in total. The van der Waals surface area contributed by atoms with Crippen LogP contribution in [0.5, 0.6) is 0 Å². The molecule has 1 aliphatic carbocycles. The summed E-state index contributed by atoms with van der Waals surface area (Å²) in [7, 11) is 0. The highest BCUT2D eigenvalue weighted by atomic mass is 19.1. The van der Waals surface area contributed by atoms with Gasteiger partial charge in [0.25, 0.3) is 0 Å². The van der Waals surface area contributed by atoms with Crippen LogP contribution in [0, 0.1) is 25.5 Å². The first-order valence-corrected chi connectivity index (χ1v) is 11.7. The molecule has 0 bridgehead atoms. The van der Waals surface area contributed by atoms with E-state index in [1.165, 1.54) is 25.0 Å². The highest BCUT2D eigenvalue weighted by Crippen LogP contribution is 2.40. The standard InChI is InChI=1S/C26H25F2N5O/c1-14-15(2)31-26-23(30-14)11-22(32-25(26)20-6-3-18(27)10-21(20)28)16-7-8-34-24(9-16)17-12-29-33(13-17)19-4-5-19/h3,6,10-13,16,19,24H,4-5,7-9H2,1-2H3. The van der Waals surface area contributed by atoms with Crippen molar-refractivity contribution < 1.29 is 13.5 Å². The first-order valence-electron chi connectivity index (χ1n) is 11.7. The Labute approximate surface area is 196 Å². The molecule has 3 aromatic heterocycles. The lowest BCUT2D eigenvalue weighted by Crippen LogP contribution is -2.19.